The molecule has 0 aliphatic heterocycles. The maximum atomic E-state index is 13.4. The van der Waals surface area contributed by atoms with Crippen LogP contribution in [0.1, 0.15) is 32.0 Å². The van der Waals surface area contributed by atoms with E-state index in [0.717, 1.165) is 17.0 Å². The van der Waals surface area contributed by atoms with E-state index in [9.17, 15) is 22.8 Å². The van der Waals surface area contributed by atoms with Crippen LogP contribution in [0, 0.1) is 0 Å². The number of benzene rings is 2. The Morgan fingerprint density at radius 1 is 1.03 bits per heavy atom. The number of rotatable bonds is 8. The van der Waals surface area contributed by atoms with E-state index >= 15 is 0 Å². The quantitative estimate of drug-likeness (QED) is 0.311. The van der Waals surface area contributed by atoms with E-state index in [1.54, 1.807) is 24.3 Å². The number of aromatic nitrogens is 2. The second-order valence-corrected chi connectivity index (χ2v) is 10.4. The van der Waals surface area contributed by atoms with Crippen LogP contribution in [0.5, 0.6) is 0 Å². The number of amides is 3. The maximum absolute atomic E-state index is 13.4. The Morgan fingerprint density at radius 3 is 2.33 bits per heavy atom. The second kappa shape index (κ2) is 12.3. The van der Waals surface area contributed by atoms with Crippen LogP contribution in [-0.4, -0.2) is 53.4 Å². The standard InChI is InChI=1S/C26H28Cl2F3N5O3/c1-25(2,3)21-14-22(36(34-21)16-9-10-18(27)19(28)13-16)33-23(37)15-35(11-12-39-4)24(38)32-20-8-6-5-7-17(20)26(29,30)31/h5-10,13-14H,11-12,15H2,1-4H3,(H,32,38)(H,33,37). The lowest BCUT2D eigenvalue weighted by molar-refractivity contribution is -0.137. The third-order valence-corrected chi connectivity index (χ3v) is 6.29. The Morgan fingerprint density at radius 2 is 1.72 bits per heavy atom. The Kier molecular flexibility index (Phi) is 9.52. The molecular weight excluding hydrogens is 558 g/mol. The highest BCUT2D eigenvalue weighted by Gasteiger charge is 2.34. The molecule has 0 atom stereocenters. The minimum absolute atomic E-state index is 0.0523. The molecule has 1 aromatic heterocycles. The number of para-hydroxylation sites is 1. The summed E-state index contributed by atoms with van der Waals surface area (Å²) in [6.45, 7) is 5.39. The van der Waals surface area contributed by atoms with Gasteiger partial charge < -0.3 is 20.3 Å². The normalized spacial score (nSPS) is 11.8. The number of hydrogen-bond donors (Lipinski definition) is 2. The van der Waals surface area contributed by atoms with Crippen LogP contribution in [0.25, 0.3) is 5.69 Å². The summed E-state index contributed by atoms with van der Waals surface area (Å²) in [6, 6.07) is 10.3. The van der Waals surface area contributed by atoms with Gasteiger partial charge in [0.05, 0.1) is 39.3 Å². The molecule has 13 heteroatoms. The van der Waals surface area contributed by atoms with Crippen LogP contribution >= 0.6 is 23.2 Å². The minimum atomic E-state index is -4.67. The van der Waals surface area contributed by atoms with Gasteiger partial charge in [0.25, 0.3) is 0 Å². The highest BCUT2D eigenvalue weighted by molar-refractivity contribution is 6.42. The van der Waals surface area contributed by atoms with Gasteiger partial charge in [0.2, 0.25) is 5.91 Å². The van der Waals surface area contributed by atoms with Crippen molar-refractivity contribution in [3.63, 3.8) is 0 Å². The van der Waals surface area contributed by atoms with Crippen LogP contribution in [0.4, 0.5) is 29.5 Å². The largest absolute Gasteiger partial charge is 0.418 e. The smallest absolute Gasteiger partial charge is 0.383 e. The van der Waals surface area contributed by atoms with Crippen LogP contribution < -0.4 is 10.6 Å². The Labute approximate surface area is 234 Å². The highest BCUT2D eigenvalue weighted by atomic mass is 35.5. The summed E-state index contributed by atoms with van der Waals surface area (Å²) in [6.07, 6.45) is -4.67. The molecule has 1 heterocycles. The number of hydrogen-bond acceptors (Lipinski definition) is 4. The van der Waals surface area contributed by atoms with Gasteiger partial charge in [-0.05, 0) is 30.3 Å². The summed E-state index contributed by atoms with van der Waals surface area (Å²) in [5, 5.41) is 10.2. The van der Waals surface area contributed by atoms with E-state index < -0.39 is 35.9 Å². The monoisotopic (exact) mass is 585 g/mol. The van der Waals surface area contributed by atoms with Crippen molar-refractivity contribution < 1.29 is 27.5 Å². The van der Waals surface area contributed by atoms with Gasteiger partial charge in [-0.1, -0.05) is 56.1 Å². The SMILES string of the molecule is COCCN(CC(=O)Nc1cc(C(C)(C)C)nn1-c1ccc(Cl)c(Cl)c1)C(=O)Nc1ccccc1C(F)(F)F. The van der Waals surface area contributed by atoms with E-state index in [-0.39, 0.29) is 18.6 Å². The average molecular weight is 586 g/mol. The first kappa shape index (κ1) is 30.3. The topological polar surface area (TPSA) is 88.5 Å². The van der Waals surface area contributed by atoms with Crippen LogP contribution in [-0.2, 0) is 21.1 Å². The molecule has 0 aliphatic rings. The minimum Gasteiger partial charge on any atom is -0.383 e. The first-order valence-electron chi connectivity index (χ1n) is 11.8. The number of methoxy groups -OCH3 is 1. The van der Waals surface area contributed by atoms with Crippen molar-refractivity contribution in [1.29, 1.82) is 0 Å². The fourth-order valence-corrected chi connectivity index (χ4v) is 3.79. The van der Waals surface area contributed by atoms with Gasteiger partial charge in [-0.25, -0.2) is 9.48 Å². The lowest BCUT2D eigenvalue weighted by Crippen LogP contribution is -2.42. The highest BCUT2D eigenvalue weighted by Crippen LogP contribution is 2.35. The van der Waals surface area contributed by atoms with Gasteiger partial charge in [0.15, 0.2) is 0 Å². The number of nitrogens with one attached hydrogen (secondary N) is 2. The predicted molar refractivity (Wildman–Crippen MR) is 145 cm³/mol. The zero-order valence-corrected chi connectivity index (χ0v) is 23.2. The predicted octanol–water partition coefficient (Wildman–Crippen LogP) is 6.61. The van der Waals surface area contributed by atoms with Crippen molar-refractivity contribution in [3.05, 3.63) is 69.8 Å². The third kappa shape index (κ3) is 7.87. The first-order chi connectivity index (χ1) is 18.2. The van der Waals surface area contributed by atoms with Crippen molar-refractivity contribution in [2.75, 3.05) is 37.4 Å². The zero-order chi connectivity index (χ0) is 29.0. The van der Waals surface area contributed by atoms with E-state index in [1.165, 1.54) is 23.9 Å². The molecule has 8 nitrogen and oxygen atoms in total. The van der Waals surface area contributed by atoms with E-state index in [1.807, 2.05) is 20.8 Å². The number of ether oxygens (including phenoxy) is 1. The van der Waals surface area contributed by atoms with Crippen LogP contribution in [0.3, 0.4) is 0 Å². The summed E-state index contributed by atoms with van der Waals surface area (Å²) in [5.74, 6) is -0.301. The van der Waals surface area contributed by atoms with Crippen molar-refractivity contribution >= 4 is 46.6 Å². The zero-order valence-electron chi connectivity index (χ0n) is 21.7. The third-order valence-electron chi connectivity index (χ3n) is 5.55. The van der Waals surface area contributed by atoms with Gasteiger partial charge in [0.1, 0.15) is 12.4 Å². The molecule has 0 saturated heterocycles. The van der Waals surface area contributed by atoms with Crippen molar-refractivity contribution in [1.82, 2.24) is 14.7 Å². The molecule has 0 spiro atoms. The molecule has 0 fully saturated rings. The summed E-state index contributed by atoms with van der Waals surface area (Å²) in [4.78, 5) is 27.1. The molecule has 0 aliphatic carbocycles. The Balaban J connectivity index is 1.85. The molecule has 2 N–H and O–H groups in total. The van der Waals surface area contributed by atoms with Crippen molar-refractivity contribution in [2.24, 2.45) is 0 Å². The van der Waals surface area contributed by atoms with Gasteiger partial charge in [-0.2, -0.15) is 18.3 Å². The number of nitrogens with zero attached hydrogens (tertiary/aromatic N) is 3. The van der Waals surface area contributed by atoms with Gasteiger partial charge in [-0.15, -0.1) is 0 Å². The van der Waals surface area contributed by atoms with Gasteiger partial charge in [0, 0.05) is 25.1 Å². The first-order valence-corrected chi connectivity index (χ1v) is 12.5. The molecule has 2 aromatic carbocycles. The molecule has 0 bridgehead atoms. The average Bonchev–Trinajstić information content (AvgIpc) is 3.27. The number of urea groups is 1. The number of carbonyl (C=O) groups excluding carboxylic acids is 2. The molecule has 0 unspecified atom stereocenters. The number of alkyl halides is 3. The van der Waals surface area contributed by atoms with Crippen molar-refractivity contribution in [3.8, 4) is 5.69 Å². The molecule has 210 valence electrons. The summed E-state index contributed by atoms with van der Waals surface area (Å²) >= 11 is 12.2. The Hall–Kier alpha value is -3.28. The second-order valence-electron chi connectivity index (χ2n) is 9.61. The molecular formula is C26H28Cl2F3N5O3. The van der Waals surface area contributed by atoms with E-state index in [2.05, 4.69) is 15.7 Å². The van der Waals surface area contributed by atoms with Crippen molar-refractivity contribution in [2.45, 2.75) is 32.4 Å². The molecule has 0 radical (unpaired) electrons. The molecule has 3 amide bonds. The maximum Gasteiger partial charge on any atom is 0.418 e. The van der Waals surface area contributed by atoms with Gasteiger partial charge in [-0.3, -0.25) is 4.79 Å². The lowest BCUT2D eigenvalue weighted by Gasteiger charge is -2.23. The molecule has 39 heavy (non-hydrogen) atoms. The summed E-state index contributed by atoms with van der Waals surface area (Å²) in [5.41, 5.74) is -0.591. The van der Waals surface area contributed by atoms with E-state index in [4.69, 9.17) is 27.9 Å². The van der Waals surface area contributed by atoms with Crippen LogP contribution in [0.15, 0.2) is 48.5 Å². The Bertz CT molecular complexity index is 1340. The lowest BCUT2D eigenvalue weighted by atomic mass is 9.92. The van der Waals surface area contributed by atoms with Crippen LogP contribution in [0.2, 0.25) is 10.0 Å². The fraction of sp³-hybridized carbons (Fsp3) is 0.346. The molecule has 3 aromatic rings. The summed E-state index contributed by atoms with van der Waals surface area (Å²) in [7, 11) is 1.40. The van der Waals surface area contributed by atoms with Gasteiger partial charge >= 0.3 is 12.2 Å². The molecule has 3 rings (SSSR count). The fourth-order valence-electron chi connectivity index (χ4n) is 3.49. The number of anilines is 2. The van der Waals surface area contributed by atoms with E-state index in [0.29, 0.717) is 27.2 Å². The number of halogens is 5. The summed E-state index contributed by atoms with van der Waals surface area (Å²) < 4.78 is 46.7. The number of carbonyl (C=O) groups is 2. The molecule has 0 saturated carbocycles.